The van der Waals surface area contributed by atoms with Gasteiger partial charge in [0.2, 0.25) is 5.82 Å². The standard InChI is InChI=1S/C12H8N4O5/c17-11(18)12(19)21-8-3-1-2-6-4-7(5-20-9(6)8)10-13-15-16-14-10/h1-4H,5H2,(H,17,18)(H,13,14,15,16). The van der Waals surface area contributed by atoms with Crippen LogP contribution >= 0.6 is 0 Å². The van der Waals surface area contributed by atoms with E-state index in [0.29, 0.717) is 22.7 Å². The van der Waals surface area contributed by atoms with Gasteiger partial charge < -0.3 is 14.6 Å². The zero-order valence-electron chi connectivity index (χ0n) is 10.4. The molecule has 0 unspecified atom stereocenters. The fourth-order valence-electron chi connectivity index (χ4n) is 1.83. The molecule has 3 rings (SSSR count). The number of nitrogens with one attached hydrogen (secondary N) is 1. The highest BCUT2D eigenvalue weighted by Gasteiger charge is 2.22. The molecule has 1 aliphatic heterocycles. The van der Waals surface area contributed by atoms with Crippen molar-refractivity contribution in [3.8, 4) is 11.5 Å². The van der Waals surface area contributed by atoms with Gasteiger partial charge in [0.1, 0.15) is 6.61 Å². The van der Waals surface area contributed by atoms with Gasteiger partial charge >= 0.3 is 11.9 Å². The van der Waals surface area contributed by atoms with E-state index in [1.165, 1.54) is 6.07 Å². The zero-order chi connectivity index (χ0) is 14.8. The minimum Gasteiger partial charge on any atom is -0.484 e. The molecule has 2 heterocycles. The van der Waals surface area contributed by atoms with E-state index in [2.05, 4.69) is 20.6 Å². The lowest BCUT2D eigenvalue weighted by molar-refractivity contribution is -0.158. The molecule has 1 aromatic carbocycles. The predicted octanol–water partition coefficient (Wildman–Crippen LogP) is 0.123. The number of rotatable bonds is 2. The van der Waals surface area contributed by atoms with Gasteiger partial charge in [0, 0.05) is 11.1 Å². The molecule has 0 aliphatic carbocycles. The number of carbonyl (C=O) groups is 2. The van der Waals surface area contributed by atoms with E-state index in [1.807, 2.05) is 0 Å². The molecule has 0 saturated carbocycles. The first kappa shape index (κ1) is 12.8. The van der Waals surface area contributed by atoms with Crippen molar-refractivity contribution >= 4 is 23.6 Å². The highest BCUT2D eigenvalue weighted by molar-refractivity contribution is 6.29. The highest BCUT2D eigenvalue weighted by atomic mass is 16.6. The minimum atomic E-state index is -1.67. The third kappa shape index (κ3) is 2.43. The van der Waals surface area contributed by atoms with Gasteiger partial charge in [0.15, 0.2) is 11.5 Å². The second-order valence-corrected chi connectivity index (χ2v) is 4.06. The molecule has 0 radical (unpaired) electrons. The number of carboxylic acid groups (broad SMARTS) is 1. The number of ether oxygens (including phenoxy) is 2. The maximum atomic E-state index is 11.1. The molecule has 0 amide bonds. The van der Waals surface area contributed by atoms with Gasteiger partial charge in [-0.1, -0.05) is 12.1 Å². The van der Waals surface area contributed by atoms with Crippen molar-refractivity contribution in [3.05, 3.63) is 29.6 Å². The van der Waals surface area contributed by atoms with Crippen molar-refractivity contribution in [1.29, 1.82) is 0 Å². The van der Waals surface area contributed by atoms with Crippen LogP contribution in [0.2, 0.25) is 0 Å². The third-order valence-electron chi connectivity index (χ3n) is 2.72. The van der Waals surface area contributed by atoms with Gasteiger partial charge in [-0.3, -0.25) is 0 Å². The Labute approximate surface area is 117 Å². The second kappa shape index (κ2) is 5.04. The Bertz CT molecular complexity index is 738. The Morgan fingerprint density at radius 3 is 2.95 bits per heavy atom. The maximum Gasteiger partial charge on any atom is 0.422 e. The predicted molar refractivity (Wildman–Crippen MR) is 67.3 cm³/mol. The molecule has 21 heavy (non-hydrogen) atoms. The molecule has 1 aromatic heterocycles. The van der Waals surface area contributed by atoms with E-state index in [1.54, 1.807) is 18.2 Å². The molecule has 0 atom stereocenters. The summed E-state index contributed by atoms with van der Waals surface area (Å²) in [5, 5.41) is 22.1. The number of fused-ring (bicyclic) bond motifs is 1. The van der Waals surface area contributed by atoms with E-state index in [0.717, 1.165) is 0 Å². The lowest BCUT2D eigenvalue weighted by atomic mass is 10.1. The first-order chi connectivity index (χ1) is 10.1. The summed E-state index contributed by atoms with van der Waals surface area (Å²) in [6, 6.07) is 4.79. The van der Waals surface area contributed by atoms with Gasteiger partial charge in [-0.25, -0.2) is 9.59 Å². The molecule has 0 saturated heterocycles. The quantitative estimate of drug-likeness (QED) is 0.453. The molecular weight excluding hydrogens is 280 g/mol. The number of carbonyl (C=O) groups excluding carboxylic acids is 1. The number of hydrogen-bond donors (Lipinski definition) is 2. The van der Waals surface area contributed by atoms with Gasteiger partial charge in [-0.15, -0.1) is 10.2 Å². The monoisotopic (exact) mass is 288 g/mol. The summed E-state index contributed by atoms with van der Waals surface area (Å²) in [5.74, 6) is -2.32. The summed E-state index contributed by atoms with van der Waals surface area (Å²) in [7, 11) is 0. The van der Waals surface area contributed by atoms with Gasteiger partial charge in [-0.2, -0.15) is 5.21 Å². The minimum absolute atomic E-state index is 0.0447. The molecule has 2 N–H and O–H groups in total. The number of aliphatic carboxylic acids is 1. The van der Waals surface area contributed by atoms with Crippen molar-refractivity contribution in [3.63, 3.8) is 0 Å². The van der Waals surface area contributed by atoms with Crippen LogP contribution in [0.25, 0.3) is 11.6 Å². The number of nitrogens with zero attached hydrogens (tertiary/aromatic N) is 3. The molecule has 0 fully saturated rings. The normalized spacial score (nSPS) is 12.9. The van der Waals surface area contributed by atoms with Crippen molar-refractivity contribution in [2.24, 2.45) is 0 Å². The summed E-state index contributed by atoms with van der Waals surface area (Å²) in [5.41, 5.74) is 1.31. The Hall–Kier alpha value is -3.23. The lowest BCUT2D eigenvalue weighted by Gasteiger charge is -2.18. The number of hydrogen-bond acceptors (Lipinski definition) is 7. The fourth-order valence-corrected chi connectivity index (χ4v) is 1.83. The number of H-pyrrole nitrogens is 1. The van der Waals surface area contributed by atoms with Crippen LogP contribution in [-0.2, 0) is 9.59 Å². The van der Waals surface area contributed by atoms with Gasteiger partial charge in [0.25, 0.3) is 0 Å². The first-order valence-electron chi connectivity index (χ1n) is 5.80. The van der Waals surface area contributed by atoms with E-state index >= 15 is 0 Å². The van der Waals surface area contributed by atoms with Crippen LogP contribution in [0.3, 0.4) is 0 Å². The molecule has 1 aliphatic rings. The highest BCUT2D eigenvalue weighted by Crippen LogP contribution is 2.37. The average molecular weight is 288 g/mol. The average Bonchev–Trinajstić information content (AvgIpc) is 3.01. The van der Waals surface area contributed by atoms with E-state index in [4.69, 9.17) is 14.6 Å². The van der Waals surface area contributed by atoms with Crippen LogP contribution in [-0.4, -0.2) is 44.3 Å². The smallest absolute Gasteiger partial charge is 0.422 e. The molecule has 2 aromatic rings. The number of esters is 1. The van der Waals surface area contributed by atoms with Crippen LogP contribution in [0.5, 0.6) is 11.5 Å². The number of aromatic nitrogens is 4. The van der Waals surface area contributed by atoms with Crippen LogP contribution < -0.4 is 9.47 Å². The fraction of sp³-hybridized carbons (Fsp3) is 0.0833. The summed E-state index contributed by atoms with van der Waals surface area (Å²) in [4.78, 5) is 21.6. The Morgan fingerprint density at radius 2 is 2.24 bits per heavy atom. The zero-order valence-corrected chi connectivity index (χ0v) is 10.4. The SMILES string of the molecule is O=C(O)C(=O)Oc1cccc2c1OCC(c1nn[nH]n1)=C2. The van der Waals surface area contributed by atoms with E-state index < -0.39 is 11.9 Å². The molecule has 9 nitrogen and oxygen atoms in total. The molecule has 106 valence electrons. The number of benzene rings is 1. The number of tetrazole rings is 1. The van der Waals surface area contributed by atoms with Crippen LogP contribution in [0.1, 0.15) is 11.4 Å². The number of aromatic amines is 1. The Balaban J connectivity index is 1.94. The first-order valence-corrected chi connectivity index (χ1v) is 5.80. The number of carboxylic acids is 1. The van der Waals surface area contributed by atoms with Crippen molar-refractivity contribution < 1.29 is 24.2 Å². The topological polar surface area (TPSA) is 127 Å². The van der Waals surface area contributed by atoms with Crippen molar-refractivity contribution in [2.75, 3.05) is 6.61 Å². The largest absolute Gasteiger partial charge is 0.484 e. The second-order valence-electron chi connectivity index (χ2n) is 4.06. The van der Waals surface area contributed by atoms with Crippen molar-refractivity contribution in [2.45, 2.75) is 0 Å². The molecular formula is C12H8N4O5. The van der Waals surface area contributed by atoms with Crippen LogP contribution in [0.4, 0.5) is 0 Å². The van der Waals surface area contributed by atoms with Gasteiger partial charge in [0.05, 0.1) is 0 Å². The molecule has 0 bridgehead atoms. The Morgan fingerprint density at radius 1 is 1.38 bits per heavy atom. The summed E-state index contributed by atoms with van der Waals surface area (Å²) < 4.78 is 10.3. The van der Waals surface area contributed by atoms with Crippen LogP contribution in [0, 0.1) is 0 Å². The van der Waals surface area contributed by atoms with E-state index in [9.17, 15) is 9.59 Å². The number of para-hydroxylation sites is 1. The summed E-state index contributed by atoms with van der Waals surface area (Å²) in [6.07, 6.45) is 1.75. The van der Waals surface area contributed by atoms with Crippen molar-refractivity contribution in [1.82, 2.24) is 20.6 Å². The van der Waals surface area contributed by atoms with Crippen LogP contribution in [0.15, 0.2) is 18.2 Å². The van der Waals surface area contributed by atoms with E-state index in [-0.39, 0.29) is 12.4 Å². The molecule has 0 spiro atoms. The summed E-state index contributed by atoms with van der Waals surface area (Å²) >= 11 is 0. The molecule has 9 heteroatoms. The maximum absolute atomic E-state index is 11.1. The lowest BCUT2D eigenvalue weighted by Crippen LogP contribution is -2.20. The third-order valence-corrected chi connectivity index (χ3v) is 2.72. The Kier molecular flexibility index (Phi) is 3.07. The van der Waals surface area contributed by atoms with Gasteiger partial charge in [-0.05, 0) is 17.4 Å². The summed E-state index contributed by atoms with van der Waals surface area (Å²) in [6.45, 7) is 0.147.